The van der Waals surface area contributed by atoms with Crippen molar-refractivity contribution in [2.45, 2.75) is 64.7 Å². The third-order valence-electron chi connectivity index (χ3n) is 9.17. The van der Waals surface area contributed by atoms with Crippen molar-refractivity contribution in [3.63, 3.8) is 0 Å². The molecule has 0 bridgehead atoms. The quantitative estimate of drug-likeness (QED) is 0.242. The van der Waals surface area contributed by atoms with Gasteiger partial charge in [0.2, 0.25) is 5.88 Å². The van der Waals surface area contributed by atoms with Crippen molar-refractivity contribution in [2.24, 2.45) is 17.8 Å². The number of Topliss-reactive ketones (excluding diaryl/α,β-unsaturated/α-hetero) is 1. The minimum absolute atomic E-state index is 0.0162. The molecule has 0 radical (unpaired) electrons. The number of nitrogens with zero attached hydrogens (tertiary/aromatic N) is 3. The summed E-state index contributed by atoms with van der Waals surface area (Å²) in [6.45, 7) is 9.73. The summed E-state index contributed by atoms with van der Waals surface area (Å²) in [5, 5.41) is 9.64. The summed E-state index contributed by atoms with van der Waals surface area (Å²) in [6.07, 6.45) is 5.69. The molecule has 1 aliphatic carbocycles. The molecule has 3 heterocycles. The van der Waals surface area contributed by atoms with Crippen LogP contribution < -0.4 is 14.4 Å². The fourth-order valence-corrected chi connectivity index (χ4v) is 6.27. The van der Waals surface area contributed by atoms with Crippen LogP contribution in [0.5, 0.6) is 11.6 Å². The van der Waals surface area contributed by atoms with Gasteiger partial charge in [0.25, 0.3) is 0 Å². The van der Waals surface area contributed by atoms with Crippen LogP contribution in [0.25, 0.3) is 0 Å². The number of carboxylic acids is 1. The Kier molecular flexibility index (Phi) is 9.04. The lowest BCUT2D eigenvalue weighted by atomic mass is 9.80. The number of ether oxygens (including phenoxy) is 2. The van der Waals surface area contributed by atoms with Crippen molar-refractivity contribution < 1.29 is 24.2 Å². The highest BCUT2D eigenvalue weighted by atomic mass is 16.5. The van der Waals surface area contributed by atoms with E-state index in [1.807, 2.05) is 69.3 Å². The minimum atomic E-state index is -0.788. The van der Waals surface area contributed by atoms with E-state index in [1.165, 1.54) is 0 Å². The summed E-state index contributed by atoms with van der Waals surface area (Å²) in [7, 11) is 1.64. The lowest BCUT2D eigenvalue weighted by molar-refractivity contribution is -0.142. The second kappa shape index (κ2) is 12.7. The average molecular weight is 586 g/mol. The molecule has 1 saturated heterocycles. The SMILES string of the molecule is COc1ccc(C(=O)C(C)(C)c2cccc(C)n2)c(N2CCC(COc3cc([C@H](C4CC4)[C@H](C)C(=O)O)ccn3)CC2)c1. The van der Waals surface area contributed by atoms with E-state index >= 15 is 0 Å². The number of pyridine rings is 2. The van der Waals surface area contributed by atoms with Crippen LogP contribution in [0.2, 0.25) is 0 Å². The standard InChI is InChI=1S/C35H43N3O5/c1-22-7-6-8-30(37-22)35(3,4)33(39)28-12-11-27(42-5)20-29(28)38-17-14-24(15-18-38)21-43-31-19-26(13-16-36-31)32(25-9-10-25)23(2)34(40)41/h6-8,11-13,16,19-20,23-25,32H,9-10,14-15,17-18,21H2,1-5H3,(H,40,41)/t23-,32-/m0/s1. The van der Waals surface area contributed by atoms with Gasteiger partial charge in [-0.2, -0.15) is 0 Å². The van der Waals surface area contributed by atoms with Crippen LogP contribution in [0.15, 0.2) is 54.7 Å². The van der Waals surface area contributed by atoms with Crippen molar-refractivity contribution in [1.82, 2.24) is 9.97 Å². The maximum Gasteiger partial charge on any atom is 0.306 e. The number of ketones is 1. The number of carbonyl (C=O) groups is 2. The molecule has 8 heteroatoms. The summed E-state index contributed by atoms with van der Waals surface area (Å²) >= 11 is 0. The van der Waals surface area contributed by atoms with Gasteiger partial charge in [0, 0.05) is 42.7 Å². The number of benzene rings is 1. The lowest BCUT2D eigenvalue weighted by Crippen LogP contribution is -2.38. The van der Waals surface area contributed by atoms with Crippen LogP contribution in [0.4, 0.5) is 5.69 Å². The second-order valence-corrected chi connectivity index (χ2v) is 12.7. The molecule has 1 aromatic carbocycles. The molecule has 1 saturated carbocycles. The first kappa shape index (κ1) is 30.5. The van der Waals surface area contributed by atoms with Gasteiger partial charge in [-0.25, -0.2) is 4.98 Å². The smallest absolute Gasteiger partial charge is 0.306 e. The highest BCUT2D eigenvalue weighted by molar-refractivity contribution is 6.07. The Hall–Kier alpha value is -3.94. The summed E-state index contributed by atoms with van der Waals surface area (Å²) in [5.74, 6) is 0.832. The monoisotopic (exact) mass is 585 g/mol. The van der Waals surface area contributed by atoms with Crippen molar-refractivity contribution >= 4 is 17.4 Å². The van der Waals surface area contributed by atoms with Gasteiger partial charge in [0.05, 0.1) is 36.4 Å². The number of aromatic nitrogens is 2. The maximum atomic E-state index is 14.0. The zero-order valence-corrected chi connectivity index (χ0v) is 25.9. The molecule has 0 amide bonds. The molecule has 8 nitrogen and oxygen atoms in total. The Morgan fingerprint density at radius 1 is 1.07 bits per heavy atom. The number of aryl methyl sites for hydroxylation is 1. The Morgan fingerprint density at radius 3 is 2.47 bits per heavy atom. The van der Waals surface area contributed by atoms with Gasteiger partial charge >= 0.3 is 5.97 Å². The van der Waals surface area contributed by atoms with Crippen molar-refractivity contribution in [2.75, 3.05) is 31.7 Å². The molecular weight excluding hydrogens is 542 g/mol. The van der Waals surface area contributed by atoms with Crippen LogP contribution in [0, 0.1) is 24.7 Å². The van der Waals surface area contributed by atoms with Crippen molar-refractivity contribution in [1.29, 1.82) is 0 Å². The molecule has 0 spiro atoms. The first-order chi connectivity index (χ1) is 20.6. The van der Waals surface area contributed by atoms with E-state index in [1.54, 1.807) is 20.2 Å². The van der Waals surface area contributed by atoms with E-state index < -0.39 is 17.3 Å². The largest absolute Gasteiger partial charge is 0.497 e. The van der Waals surface area contributed by atoms with Crippen LogP contribution >= 0.6 is 0 Å². The molecule has 3 aromatic rings. The molecular formula is C35H43N3O5. The molecule has 2 atom stereocenters. The van der Waals surface area contributed by atoms with Crippen molar-refractivity contribution in [3.8, 4) is 11.6 Å². The second-order valence-electron chi connectivity index (χ2n) is 12.7. The summed E-state index contributed by atoms with van der Waals surface area (Å²) in [6, 6.07) is 15.4. The number of anilines is 1. The van der Waals surface area contributed by atoms with Gasteiger partial charge in [0.15, 0.2) is 5.78 Å². The Bertz CT molecular complexity index is 1460. The van der Waals surface area contributed by atoms with E-state index in [2.05, 4.69) is 14.9 Å². The summed E-state index contributed by atoms with van der Waals surface area (Å²) in [4.78, 5) is 37.1. The van der Waals surface area contributed by atoms with Crippen molar-refractivity contribution in [3.05, 3.63) is 77.2 Å². The van der Waals surface area contributed by atoms with Crippen LogP contribution in [-0.2, 0) is 10.2 Å². The Morgan fingerprint density at radius 2 is 1.81 bits per heavy atom. The average Bonchev–Trinajstić information content (AvgIpc) is 3.85. The topological polar surface area (TPSA) is 102 Å². The molecule has 0 unspecified atom stereocenters. The van der Waals surface area contributed by atoms with Crippen LogP contribution in [0.1, 0.15) is 79.7 Å². The fourth-order valence-electron chi connectivity index (χ4n) is 6.27. The van der Waals surface area contributed by atoms with Gasteiger partial charge in [0.1, 0.15) is 5.75 Å². The van der Waals surface area contributed by atoms with E-state index in [0.717, 1.165) is 67.2 Å². The zero-order valence-electron chi connectivity index (χ0n) is 25.9. The lowest BCUT2D eigenvalue weighted by Gasteiger charge is -2.35. The normalized spacial score (nSPS) is 17.3. The first-order valence-corrected chi connectivity index (χ1v) is 15.3. The highest BCUT2D eigenvalue weighted by Gasteiger charge is 2.39. The van der Waals surface area contributed by atoms with Gasteiger partial charge in [-0.3, -0.25) is 14.6 Å². The van der Waals surface area contributed by atoms with Gasteiger partial charge < -0.3 is 19.5 Å². The predicted octanol–water partition coefficient (Wildman–Crippen LogP) is 6.46. The highest BCUT2D eigenvalue weighted by Crippen LogP contribution is 2.47. The van der Waals surface area contributed by atoms with Crippen LogP contribution in [0.3, 0.4) is 0 Å². The Balaban J connectivity index is 1.25. The van der Waals surface area contributed by atoms with Gasteiger partial charge in [-0.15, -0.1) is 0 Å². The maximum absolute atomic E-state index is 14.0. The number of hydrogen-bond donors (Lipinski definition) is 1. The zero-order chi connectivity index (χ0) is 30.7. The third kappa shape index (κ3) is 6.84. The van der Waals surface area contributed by atoms with Gasteiger partial charge in [-0.1, -0.05) is 13.0 Å². The Labute approximate surface area is 254 Å². The summed E-state index contributed by atoms with van der Waals surface area (Å²) < 4.78 is 11.7. The number of rotatable bonds is 12. The molecule has 5 rings (SSSR count). The molecule has 2 aromatic heterocycles. The van der Waals surface area contributed by atoms with E-state index in [-0.39, 0.29) is 11.7 Å². The van der Waals surface area contributed by atoms with Crippen LogP contribution in [-0.4, -0.2) is 53.6 Å². The molecule has 1 aliphatic heterocycles. The number of carboxylic acid groups (broad SMARTS) is 1. The first-order valence-electron chi connectivity index (χ1n) is 15.3. The van der Waals surface area contributed by atoms with E-state index in [4.69, 9.17) is 9.47 Å². The molecule has 2 fully saturated rings. The molecule has 43 heavy (non-hydrogen) atoms. The number of carbonyl (C=O) groups excluding carboxylic acids is 1. The van der Waals surface area contributed by atoms with E-state index in [0.29, 0.717) is 29.9 Å². The molecule has 1 N–H and O–H groups in total. The summed E-state index contributed by atoms with van der Waals surface area (Å²) in [5.41, 5.74) is 3.41. The number of hydrogen-bond acceptors (Lipinski definition) is 7. The van der Waals surface area contributed by atoms with E-state index in [9.17, 15) is 14.7 Å². The molecule has 2 aliphatic rings. The fraction of sp³-hybridized carbons (Fsp3) is 0.486. The number of piperidine rings is 1. The number of methoxy groups -OCH3 is 1. The third-order valence-corrected chi connectivity index (χ3v) is 9.17. The number of aliphatic carboxylic acids is 1. The predicted molar refractivity (Wildman–Crippen MR) is 166 cm³/mol. The molecule has 228 valence electrons. The van der Waals surface area contributed by atoms with Gasteiger partial charge in [-0.05, 0) is 100 Å². The minimum Gasteiger partial charge on any atom is -0.497 e.